The van der Waals surface area contributed by atoms with Crippen LogP contribution in [-0.2, 0) is 11.2 Å². The standard InChI is InChI=1S/C9H6BrNO/c10-7-2-1-6-3-9(11-5-12)8(6)4-7/h1-2,4,9H,3H2. The van der Waals surface area contributed by atoms with Crippen molar-refractivity contribution in [3.63, 3.8) is 0 Å². The van der Waals surface area contributed by atoms with Crippen molar-refractivity contribution in [1.29, 1.82) is 0 Å². The summed E-state index contributed by atoms with van der Waals surface area (Å²) in [4.78, 5) is 13.7. The van der Waals surface area contributed by atoms with Crippen molar-refractivity contribution >= 4 is 22.0 Å². The van der Waals surface area contributed by atoms with E-state index < -0.39 is 0 Å². The lowest BCUT2D eigenvalue weighted by atomic mass is 9.84. The van der Waals surface area contributed by atoms with Crippen LogP contribution in [0.15, 0.2) is 27.7 Å². The van der Waals surface area contributed by atoms with Crippen molar-refractivity contribution in [2.24, 2.45) is 4.99 Å². The summed E-state index contributed by atoms with van der Waals surface area (Å²) in [5.41, 5.74) is 2.43. The number of carbonyl (C=O) groups excluding carboxylic acids is 1. The van der Waals surface area contributed by atoms with Crippen molar-refractivity contribution in [3.8, 4) is 0 Å². The van der Waals surface area contributed by atoms with Crippen molar-refractivity contribution in [1.82, 2.24) is 0 Å². The molecule has 0 fully saturated rings. The van der Waals surface area contributed by atoms with Gasteiger partial charge in [-0.25, -0.2) is 4.79 Å². The van der Waals surface area contributed by atoms with E-state index in [1.54, 1.807) is 6.08 Å². The third kappa shape index (κ3) is 1.11. The van der Waals surface area contributed by atoms with Crippen LogP contribution in [0.5, 0.6) is 0 Å². The number of benzene rings is 1. The summed E-state index contributed by atoms with van der Waals surface area (Å²) in [6, 6.07) is 6.11. The van der Waals surface area contributed by atoms with Gasteiger partial charge in [-0.3, -0.25) is 0 Å². The van der Waals surface area contributed by atoms with Crippen molar-refractivity contribution in [2.75, 3.05) is 0 Å². The lowest BCUT2D eigenvalue weighted by molar-refractivity contribution is 0.550. The summed E-state index contributed by atoms with van der Waals surface area (Å²) in [5.74, 6) is 0. The van der Waals surface area contributed by atoms with Crippen molar-refractivity contribution in [2.45, 2.75) is 12.5 Å². The van der Waals surface area contributed by atoms with Crippen LogP contribution in [0.2, 0.25) is 0 Å². The number of hydrogen-bond donors (Lipinski definition) is 0. The molecule has 0 bridgehead atoms. The molecule has 2 rings (SSSR count). The molecule has 0 saturated carbocycles. The SMILES string of the molecule is O=C=NC1Cc2ccc(Br)cc21. The maximum absolute atomic E-state index is 10.00. The molecule has 1 aromatic carbocycles. The molecule has 1 atom stereocenters. The Kier molecular flexibility index (Phi) is 1.83. The molecule has 0 radical (unpaired) electrons. The van der Waals surface area contributed by atoms with E-state index in [9.17, 15) is 4.79 Å². The largest absolute Gasteiger partial charge is 0.235 e. The lowest BCUT2D eigenvalue weighted by Gasteiger charge is -2.25. The zero-order valence-electron chi connectivity index (χ0n) is 6.25. The van der Waals surface area contributed by atoms with Gasteiger partial charge in [-0.2, -0.15) is 4.99 Å². The predicted molar refractivity (Wildman–Crippen MR) is 48.7 cm³/mol. The molecule has 0 aromatic heterocycles. The molecule has 0 saturated heterocycles. The number of aliphatic imine (C=N–C) groups is 1. The molecule has 60 valence electrons. The highest BCUT2D eigenvalue weighted by atomic mass is 79.9. The fraction of sp³-hybridized carbons (Fsp3) is 0.222. The molecule has 2 nitrogen and oxygen atoms in total. The van der Waals surface area contributed by atoms with E-state index in [4.69, 9.17) is 0 Å². The van der Waals surface area contributed by atoms with E-state index in [0.29, 0.717) is 0 Å². The number of nitrogens with zero attached hydrogens (tertiary/aromatic N) is 1. The molecule has 3 heteroatoms. The Morgan fingerprint density at radius 2 is 2.42 bits per heavy atom. The minimum Gasteiger partial charge on any atom is -0.211 e. The first kappa shape index (κ1) is 7.71. The molecular formula is C9H6BrNO. The van der Waals surface area contributed by atoms with Gasteiger partial charge in [-0.15, -0.1) is 0 Å². The molecule has 0 aliphatic heterocycles. The number of hydrogen-bond acceptors (Lipinski definition) is 2. The van der Waals surface area contributed by atoms with Gasteiger partial charge in [0.1, 0.15) is 0 Å². The molecule has 0 N–H and O–H groups in total. The average Bonchev–Trinajstić information content (AvgIpc) is 2.05. The third-order valence-electron chi connectivity index (χ3n) is 2.09. The zero-order chi connectivity index (χ0) is 8.55. The second kappa shape index (κ2) is 2.85. The number of rotatable bonds is 1. The smallest absolute Gasteiger partial charge is 0.211 e. The van der Waals surface area contributed by atoms with Gasteiger partial charge in [0.25, 0.3) is 0 Å². The highest BCUT2D eigenvalue weighted by Crippen LogP contribution is 2.37. The van der Waals surface area contributed by atoms with Crippen LogP contribution in [0.1, 0.15) is 17.2 Å². The topological polar surface area (TPSA) is 29.4 Å². The van der Waals surface area contributed by atoms with Gasteiger partial charge >= 0.3 is 0 Å². The van der Waals surface area contributed by atoms with Gasteiger partial charge < -0.3 is 0 Å². The zero-order valence-corrected chi connectivity index (χ0v) is 7.84. The molecule has 1 aliphatic rings. The number of fused-ring (bicyclic) bond motifs is 1. The van der Waals surface area contributed by atoms with E-state index in [-0.39, 0.29) is 6.04 Å². The maximum Gasteiger partial charge on any atom is 0.235 e. The Balaban J connectivity index is 2.39. The average molecular weight is 224 g/mol. The highest BCUT2D eigenvalue weighted by molar-refractivity contribution is 9.10. The molecule has 1 aliphatic carbocycles. The summed E-state index contributed by atoms with van der Waals surface area (Å²) in [6.07, 6.45) is 2.46. The summed E-state index contributed by atoms with van der Waals surface area (Å²) in [6.45, 7) is 0. The Bertz CT molecular complexity index is 369. The molecule has 0 heterocycles. The van der Waals surface area contributed by atoms with Gasteiger partial charge in [0.15, 0.2) is 0 Å². The van der Waals surface area contributed by atoms with Crippen molar-refractivity contribution < 1.29 is 4.79 Å². The molecular weight excluding hydrogens is 218 g/mol. The Morgan fingerprint density at radius 3 is 3.17 bits per heavy atom. The van der Waals surface area contributed by atoms with Gasteiger partial charge in [0, 0.05) is 10.9 Å². The van der Waals surface area contributed by atoms with Gasteiger partial charge in [0.05, 0.1) is 6.04 Å². The number of isocyanates is 1. The van der Waals surface area contributed by atoms with Gasteiger partial charge in [-0.1, -0.05) is 22.0 Å². The third-order valence-corrected chi connectivity index (χ3v) is 2.58. The van der Waals surface area contributed by atoms with Crippen LogP contribution in [-0.4, -0.2) is 6.08 Å². The van der Waals surface area contributed by atoms with Gasteiger partial charge in [0.2, 0.25) is 6.08 Å². The second-order valence-corrected chi connectivity index (χ2v) is 3.70. The molecule has 1 aromatic rings. The fourth-order valence-corrected chi connectivity index (χ4v) is 1.81. The van der Waals surface area contributed by atoms with Crippen LogP contribution in [0.3, 0.4) is 0 Å². The summed E-state index contributed by atoms with van der Waals surface area (Å²) in [5, 5.41) is 0. The first-order chi connectivity index (χ1) is 5.81. The van der Waals surface area contributed by atoms with Crippen LogP contribution in [0.25, 0.3) is 0 Å². The summed E-state index contributed by atoms with van der Waals surface area (Å²) in [7, 11) is 0. The lowest BCUT2D eigenvalue weighted by Crippen LogP contribution is -2.14. The van der Waals surface area contributed by atoms with Crippen molar-refractivity contribution in [3.05, 3.63) is 33.8 Å². The van der Waals surface area contributed by atoms with E-state index in [2.05, 4.69) is 27.0 Å². The quantitative estimate of drug-likeness (QED) is 0.531. The van der Waals surface area contributed by atoms with E-state index in [1.165, 1.54) is 5.56 Å². The first-order valence-corrected chi connectivity index (χ1v) is 4.46. The highest BCUT2D eigenvalue weighted by Gasteiger charge is 2.25. The maximum atomic E-state index is 10.00. The minimum absolute atomic E-state index is 0.0509. The summed E-state index contributed by atoms with van der Waals surface area (Å²) < 4.78 is 1.03. The minimum atomic E-state index is 0.0509. The van der Waals surface area contributed by atoms with Crippen LogP contribution < -0.4 is 0 Å². The normalized spacial score (nSPS) is 18.9. The van der Waals surface area contributed by atoms with E-state index in [1.807, 2.05) is 12.1 Å². The van der Waals surface area contributed by atoms with Crippen LogP contribution >= 0.6 is 15.9 Å². The monoisotopic (exact) mass is 223 g/mol. The molecule has 0 amide bonds. The number of halogens is 1. The van der Waals surface area contributed by atoms with E-state index in [0.717, 1.165) is 16.5 Å². The van der Waals surface area contributed by atoms with Crippen LogP contribution in [0.4, 0.5) is 0 Å². The first-order valence-electron chi connectivity index (χ1n) is 3.66. The van der Waals surface area contributed by atoms with Crippen LogP contribution in [0, 0.1) is 0 Å². The summed E-state index contributed by atoms with van der Waals surface area (Å²) >= 11 is 3.37. The van der Waals surface area contributed by atoms with Gasteiger partial charge in [-0.05, 0) is 23.3 Å². The Morgan fingerprint density at radius 1 is 1.58 bits per heavy atom. The second-order valence-electron chi connectivity index (χ2n) is 2.78. The predicted octanol–water partition coefficient (Wildman–Crippen LogP) is 2.38. The Labute approximate surface area is 78.4 Å². The molecule has 0 spiro atoms. The molecule has 1 unspecified atom stereocenters. The van der Waals surface area contributed by atoms with E-state index >= 15 is 0 Å². The molecule has 12 heavy (non-hydrogen) atoms. The Hall–Kier alpha value is -0.920. The fourth-order valence-electron chi connectivity index (χ4n) is 1.43.